The Labute approximate surface area is 190 Å². The predicted octanol–water partition coefficient (Wildman–Crippen LogP) is 4.16. The van der Waals surface area contributed by atoms with Crippen LogP contribution in [0.5, 0.6) is 0 Å². The van der Waals surface area contributed by atoms with E-state index in [2.05, 4.69) is 4.98 Å². The number of amides is 1. The molecule has 0 N–H and O–H groups in total. The SMILES string of the molecule is CC(C)CN(CC(C)C)C(=O)CN(Cc1ccccn1)S(=O)(=O)c1ccc2occc2c1. The lowest BCUT2D eigenvalue weighted by atomic mass is 10.1. The minimum Gasteiger partial charge on any atom is -0.464 e. The van der Waals surface area contributed by atoms with Crippen molar-refractivity contribution in [2.45, 2.75) is 39.1 Å². The maximum atomic E-state index is 13.6. The number of nitrogens with zero attached hydrogens (tertiary/aromatic N) is 3. The van der Waals surface area contributed by atoms with Crippen molar-refractivity contribution in [3.63, 3.8) is 0 Å². The average Bonchev–Trinajstić information content (AvgIpc) is 3.20. The highest BCUT2D eigenvalue weighted by molar-refractivity contribution is 7.89. The van der Waals surface area contributed by atoms with Gasteiger partial charge in [-0.15, -0.1) is 0 Å². The summed E-state index contributed by atoms with van der Waals surface area (Å²) in [5, 5.41) is 0.691. The van der Waals surface area contributed by atoms with Crippen LogP contribution in [0.2, 0.25) is 0 Å². The van der Waals surface area contributed by atoms with Crippen molar-refractivity contribution in [1.82, 2.24) is 14.2 Å². The topological polar surface area (TPSA) is 83.7 Å². The summed E-state index contributed by atoms with van der Waals surface area (Å²) in [5.41, 5.74) is 1.18. The van der Waals surface area contributed by atoms with Crippen LogP contribution >= 0.6 is 0 Å². The van der Waals surface area contributed by atoms with Gasteiger partial charge in [0.1, 0.15) is 5.58 Å². The van der Waals surface area contributed by atoms with Gasteiger partial charge in [0.05, 0.1) is 29.9 Å². The Balaban J connectivity index is 1.94. The monoisotopic (exact) mass is 457 g/mol. The molecule has 0 bridgehead atoms. The number of sulfonamides is 1. The number of aromatic nitrogens is 1. The van der Waals surface area contributed by atoms with Crippen LogP contribution in [0, 0.1) is 11.8 Å². The Hall–Kier alpha value is -2.71. The highest BCUT2D eigenvalue weighted by atomic mass is 32.2. The molecule has 1 amide bonds. The number of hydrogen-bond acceptors (Lipinski definition) is 5. The third-order valence-electron chi connectivity index (χ3n) is 4.96. The predicted molar refractivity (Wildman–Crippen MR) is 124 cm³/mol. The number of fused-ring (bicyclic) bond motifs is 1. The van der Waals surface area contributed by atoms with Crippen molar-refractivity contribution in [2.75, 3.05) is 19.6 Å². The zero-order chi connectivity index (χ0) is 23.3. The fourth-order valence-electron chi connectivity index (χ4n) is 3.56. The normalized spacial score (nSPS) is 12.2. The average molecular weight is 458 g/mol. The second-order valence-electron chi connectivity index (χ2n) is 8.80. The van der Waals surface area contributed by atoms with Gasteiger partial charge in [-0.25, -0.2) is 8.42 Å². The van der Waals surface area contributed by atoms with E-state index in [1.54, 1.807) is 47.5 Å². The lowest BCUT2D eigenvalue weighted by Crippen LogP contribution is -2.45. The number of pyridine rings is 1. The zero-order valence-corrected chi connectivity index (χ0v) is 19.9. The van der Waals surface area contributed by atoms with Crippen LogP contribution in [-0.2, 0) is 21.4 Å². The van der Waals surface area contributed by atoms with Crippen molar-refractivity contribution in [2.24, 2.45) is 11.8 Å². The Morgan fingerprint density at radius 1 is 1.03 bits per heavy atom. The Morgan fingerprint density at radius 2 is 1.75 bits per heavy atom. The van der Waals surface area contributed by atoms with Gasteiger partial charge in [0.25, 0.3) is 0 Å². The number of carbonyl (C=O) groups excluding carboxylic acids is 1. The first-order valence-corrected chi connectivity index (χ1v) is 12.3. The summed E-state index contributed by atoms with van der Waals surface area (Å²) in [6, 6.07) is 11.8. The summed E-state index contributed by atoms with van der Waals surface area (Å²) in [7, 11) is -3.95. The highest BCUT2D eigenvalue weighted by Crippen LogP contribution is 2.24. The van der Waals surface area contributed by atoms with Gasteiger partial charge in [-0.3, -0.25) is 9.78 Å². The van der Waals surface area contributed by atoms with Crippen LogP contribution in [0.3, 0.4) is 0 Å². The molecule has 0 aliphatic rings. The lowest BCUT2D eigenvalue weighted by molar-refractivity contribution is -0.132. The fourth-order valence-corrected chi connectivity index (χ4v) is 4.96. The van der Waals surface area contributed by atoms with E-state index in [1.807, 2.05) is 27.7 Å². The molecular weight excluding hydrogens is 426 g/mol. The minimum absolute atomic E-state index is 0.00946. The van der Waals surface area contributed by atoms with E-state index < -0.39 is 10.0 Å². The Bertz CT molecular complexity index is 1130. The van der Waals surface area contributed by atoms with Gasteiger partial charge in [-0.1, -0.05) is 33.8 Å². The molecule has 3 rings (SSSR count). The molecule has 172 valence electrons. The van der Waals surface area contributed by atoms with E-state index in [9.17, 15) is 13.2 Å². The molecule has 32 heavy (non-hydrogen) atoms. The Kier molecular flexibility index (Phi) is 7.69. The summed E-state index contributed by atoms with van der Waals surface area (Å²) < 4.78 is 33.8. The molecule has 1 aromatic carbocycles. The number of furan rings is 1. The third kappa shape index (κ3) is 5.95. The first kappa shape index (κ1) is 23.9. The highest BCUT2D eigenvalue weighted by Gasteiger charge is 2.30. The fraction of sp³-hybridized carbons (Fsp3) is 0.417. The zero-order valence-electron chi connectivity index (χ0n) is 19.1. The molecule has 0 fully saturated rings. The van der Waals surface area contributed by atoms with E-state index in [0.717, 1.165) is 0 Å². The standard InChI is InChI=1S/C24H31N3O4S/c1-18(2)14-26(15-19(3)4)24(28)17-27(16-21-7-5-6-11-25-21)32(29,30)22-8-9-23-20(13-22)10-12-31-23/h5-13,18-19H,14-17H2,1-4H3. The van der Waals surface area contributed by atoms with Crippen molar-refractivity contribution in [1.29, 1.82) is 0 Å². The van der Waals surface area contributed by atoms with Crippen LogP contribution in [0.25, 0.3) is 11.0 Å². The first-order valence-electron chi connectivity index (χ1n) is 10.8. The minimum atomic E-state index is -3.95. The summed E-state index contributed by atoms with van der Waals surface area (Å²) in [6.07, 6.45) is 3.13. The van der Waals surface area contributed by atoms with E-state index >= 15 is 0 Å². The molecule has 7 nitrogen and oxygen atoms in total. The Morgan fingerprint density at radius 3 is 2.38 bits per heavy atom. The van der Waals surface area contributed by atoms with Crippen LogP contribution in [0.4, 0.5) is 0 Å². The molecule has 0 saturated heterocycles. The molecule has 8 heteroatoms. The molecule has 0 aliphatic carbocycles. The van der Waals surface area contributed by atoms with Crippen molar-refractivity contribution in [3.05, 3.63) is 60.6 Å². The maximum absolute atomic E-state index is 13.6. The largest absolute Gasteiger partial charge is 0.464 e. The van der Waals surface area contributed by atoms with Crippen molar-refractivity contribution in [3.8, 4) is 0 Å². The smallest absolute Gasteiger partial charge is 0.243 e. The molecule has 0 spiro atoms. The van der Waals surface area contributed by atoms with E-state index in [0.29, 0.717) is 29.8 Å². The summed E-state index contributed by atoms with van der Waals surface area (Å²) >= 11 is 0. The maximum Gasteiger partial charge on any atom is 0.243 e. The van der Waals surface area contributed by atoms with Gasteiger partial charge in [0.15, 0.2) is 0 Å². The van der Waals surface area contributed by atoms with Crippen LogP contribution in [0.15, 0.2) is 64.2 Å². The number of carbonyl (C=O) groups is 1. The summed E-state index contributed by atoms with van der Waals surface area (Å²) in [6.45, 7) is 9.10. The summed E-state index contributed by atoms with van der Waals surface area (Å²) in [4.78, 5) is 19.4. The number of hydrogen-bond donors (Lipinski definition) is 0. The van der Waals surface area contributed by atoms with Gasteiger partial charge in [-0.2, -0.15) is 4.31 Å². The molecule has 0 aliphatic heterocycles. The van der Waals surface area contributed by atoms with Gasteiger partial charge in [0.2, 0.25) is 15.9 Å². The molecule has 2 aromatic heterocycles. The lowest BCUT2D eigenvalue weighted by Gasteiger charge is -2.29. The molecule has 0 atom stereocenters. The van der Waals surface area contributed by atoms with E-state index in [-0.39, 0.29) is 35.7 Å². The van der Waals surface area contributed by atoms with Gasteiger partial charge < -0.3 is 9.32 Å². The molecular formula is C24H31N3O4S. The third-order valence-corrected chi connectivity index (χ3v) is 6.75. The van der Waals surface area contributed by atoms with Crippen LogP contribution in [0.1, 0.15) is 33.4 Å². The molecule has 3 aromatic rings. The summed E-state index contributed by atoms with van der Waals surface area (Å²) in [5.74, 6) is 0.348. The molecule has 0 radical (unpaired) electrons. The van der Waals surface area contributed by atoms with Crippen molar-refractivity contribution >= 4 is 26.9 Å². The molecule has 2 heterocycles. The second-order valence-corrected chi connectivity index (χ2v) is 10.7. The number of rotatable bonds is 10. The first-order chi connectivity index (χ1) is 15.2. The van der Waals surface area contributed by atoms with Crippen LogP contribution < -0.4 is 0 Å². The van der Waals surface area contributed by atoms with E-state index in [4.69, 9.17) is 4.42 Å². The van der Waals surface area contributed by atoms with Gasteiger partial charge in [0, 0.05) is 24.7 Å². The molecule has 0 saturated carbocycles. The van der Waals surface area contributed by atoms with Gasteiger partial charge >= 0.3 is 0 Å². The number of benzene rings is 1. The quantitative estimate of drug-likeness (QED) is 0.456. The van der Waals surface area contributed by atoms with E-state index in [1.165, 1.54) is 16.6 Å². The van der Waals surface area contributed by atoms with Crippen molar-refractivity contribution < 1.29 is 17.6 Å². The van der Waals surface area contributed by atoms with Gasteiger partial charge in [-0.05, 0) is 48.2 Å². The van der Waals surface area contributed by atoms with Crippen LogP contribution in [-0.4, -0.2) is 48.1 Å². The second kappa shape index (κ2) is 10.3. The molecule has 0 unspecified atom stereocenters.